The van der Waals surface area contributed by atoms with Gasteiger partial charge in [-0.15, -0.1) is 0 Å². The van der Waals surface area contributed by atoms with Gasteiger partial charge in [0.2, 0.25) is 5.91 Å². The van der Waals surface area contributed by atoms with E-state index in [-0.39, 0.29) is 24.4 Å². The highest BCUT2D eigenvalue weighted by Gasteiger charge is 2.25. The van der Waals surface area contributed by atoms with Crippen molar-refractivity contribution >= 4 is 11.8 Å². The number of fused-ring (bicyclic) bond motifs is 1. The molecule has 26 heavy (non-hydrogen) atoms. The van der Waals surface area contributed by atoms with Gasteiger partial charge in [-0.05, 0) is 39.3 Å². The summed E-state index contributed by atoms with van der Waals surface area (Å²) in [6.07, 6.45) is 0.704. The Hall–Kier alpha value is -2.76. The third kappa shape index (κ3) is 3.74. The van der Waals surface area contributed by atoms with Gasteiger partial charge in [-0.1, -0.05) is 17.7 Å². The molecule has 0 fully saturated rings. The predicted molar refractivity (Wildman–Crippen MR) is 97.4 cm³/mol. The second-order valence-electron chi connectivity index (χ2n) is 6.77. The standard InChI is InChI=1S/C20H24N2O4/c1-11-7-12(2)19-16(8-11)17(5-6-25-19)22-18(23)10-21-20(24)15-9-13(3)26-14(15)4/h7-9,17H,5-6,10H2,1-4H3,(H,21,24)(H,22,23). The lowest BCUT2D eigenvalue weighted by Crippen LogP contribution is -2.40. The van der Waals surface area contributed by atoms with Gasteiger partial charge in [0.05, 0.1) is 24.8 Å². The van der Waals surface area contributed by atoms with E-state index >= 15 is 0 Å². The summed E-state index contributed by atoms with van der Waals surface area (Å²) in [5, 5.41) is 5.65. The topological polar surface area (TPSA) is 80.6 Å². The van der Waals surface area contributed by atoms with Crippen molar-refractivity contribution < 1.29 is 18.7 Å². The average molecular weight is 356 g/mol. The molecule has 0 bridgehead atoms. The zero-order chi connectivity index (χ0) is 18.8. The van der Waals surface area contributed by atoms with Crippen LogP contribution in [0.3, 0.4) is 0 Å². The van der Waals surface area contributed by atoms with Gasteiger partial charge in [0.1, 0.15) is 17.3 Å². The highest BCUT2D eigenvalue weighted by molar-refractivity contribution is 5.97. The summed E-state index contributed by atoms with van der Waals surface area (Å²) in [5.41, 5.74) is 3.65. The molecular formula is C20H24N2O4. The monoisotopic (exact) mass is 356 g/mol. The van der Waals surface area contributed by atoms with E-state index in [4.69, 9.17) is 9.15 Å². The summed E-state index contributed by atoms with van der Waals surface area (Å²) in [7, 11) is 0. The van der Waals surface area contributed by atoms with E-state index in [1.807, 2.05) is 19.9 Å². The van der Waals surface area contributed by atoms with Crippen LogP contribution in [0.15, 0.2) is 22.6 Å². The van der Waals surface area contributed by atoms with Crippen LogP contribution in [0.25, 0.3) is 0 Å². The molecule has 1 unspecified atom stereocenters. The van der Waals surface area contributed by atoms with Gasteiger partial charge in [-0.2, -0.15) is 0 Å². The lowest BCUT2D eigenvalue weighted by atomic mass is 9.95. The molecule has 3 rings (SSSR count). The number of furan rings is 1. The Balaban J connectivity index is 1.63. The van der Waals surface area contributed by atoms with Gasteiger partial charge in [0, 0.05) is 12.0 Å². The molecule has 0 radical (unpaired) electrons. The number of aryl methyl sites for hydroxylation is 4. The maximum absolute atomic E-state index is 12.3. The lowest BCUT2D eigenvalue weighted by Gasteiger charge is -2.28. The van der Waals surface area contributed by atoms with Gasteiger partial charge < -0.3 is 19.8 Å². The number of nitrogens with one attached hydrogen (secondary N) is 2. The van der Waals surface area contributed by atoms with E-state index < -0.39 is 0 Å². The van der Waals surface area contributed by atoms with Crippen molar-refractivity contribution in [1.29, 1.82) is 0 Å². The summed E-state index contributed by atoms with van der Waals surface area (Å²) in [6.45, 7) is 8.01. The first-order valence-corrected chi connectivity index (χ1v) is 8.73. The van der Waals surface area contributed by atoms with Crippen LogP contribution in [0.2, 0.25) is 0 Å². The molecule has 1 atom stereocenters. The molecule has 0 aliphatic carbocycles. The van der Waals surface area contributed by atoms with Gasteiger partial charge in [-0.25, -0.2) is 0 Å². The van der Waals surface area contributed by atoms with Gasteiger partial charge in [-0.3, -0.25) is 9.59 Å². The van der Waals surface area contributed by atoms with Crippen LogP contribution in [0, 0.1) is 27.7 Å². The van der Waals surface area contributed by atoms with Crippen LogP contribution in [0.1, 0.15) is 51.0 Å². The first kappa shape index (κ1) is 18.0. The fraction of sp³-hybridized carbons (Fsp3) is 0.400. The van der Waals surface area contributed by atoms with Gasteiger partial charge in [0.15, 0.2) is 0 Å². The molecule has 138 valence electrons. The summed E-state index contributed by atoms with van der Waals surface area (Å²) >= 11 is 0. The molecule has 1 aromatic carbocycles. The number of carbonyl (C=O) groups excluding carboxylic acids is 2. The quantitative estimate of drug-likeness (QED) is 0.883. The normalized spacial score (nSPS) is 15.8. The molecule has 6 nitrogen and oxygen atoms in total. The Morgan fingerprint density at radius 1 is 1.15 bits per heavy atom. The van der Waals surface area contributed by atoms with Crippen LogP contribution in [-0.2, 0) is 4.79 Å². The average Bonchev–Trinajstić information content (AvgIpc) is 2.92. The Morgan fingerprint density at radius 2 is 1.92 bits per heavy atom. The van der Waals surface area contributed by atoms with E-state index in [1.54, 1.807) is 19.9 Å². The lowest BCUT2D eigenvalue weighted by molar-refractivity contribution is -0.121. The number of carbonyl (C=O) groups is 2. The highest BCUT2D eigenvalue weighted by Crippen LogP contribution is 2.35. The van der Waals surface area contributed by atoms with Crippen LogP contribution >= 0.6 is 0 Å². The molecule has 0 spiro atoms. The molecular weight excluding hydrogens is 332 g/mol. The smallest absolute Gasteiger partial charge is 0.255 e. The van der Waals surface area contributed by atoms with Crippen molar-refractivity contribution in [1.82, 2.24) is 10.6 Å². The first-order valence-electron chi connectivity index (χ1n) is 8.73. The van der Waals surface area contributed by atoms with E-state index in [1.165, 1.54) is 0 Å². The third-order valence-electron chi connectivity index (χ3n) is 4.51. The molecule has 2 heterocycles. The number of hydrogen-bond donors (Lipinski definition) is 2. The fourth-order valence-electron chi connectivity index (χ4n) is 3.38. The summed E-state index contributed by atoms with van der Waals surface area (Å²) in [4.78, 5) is 24.5. The third-order valence-corrected chi connectivity index (χ3v) is 4.51. The summed E-state index contributed by atoms with van der Waals surface area (Å²) in [6, 6.07) is 5.67. The van der Waals surface area contributed by atoms with Crippen molar-refractivity contribution in [2.45, 2.75) is 40.2 Å². The van der Waals surface area contributed by atoms with Gasteiger partial charge in [0.25, 0.3) is 5.91 Å². The SMILES string of the molecule is Cc1cc(C)c2c(c1)C(NC(=O)CNC(=O)c1cc(C)oc1C)CCO2. The van der Waals surface area contributed by atoms with Crippen molar-refractivity contribution in [3.63, 3.8) is 0 Å². The Bertz CT molecular complexity index is 854. The van der Waals surface area contributed by atoms with Crippen molar-refractivity contribution in [3.8, 4) is 5.75 Å². The molecule has 2 aromatic rings. The minimum absolute atomic E-state index is 0.0833. The maximum atomic E-state index is 12.3. The Kier molecular flexibility index (Phi) is 5.02. The number of amides is 2. The number of ether oxygens (including phenoxy) is 1. The molecule has 1 aliphatic heterocycles. The second kappa shape index (κ2) is 7.23. The molecule has 1 aliphatic rings. The van der Waals surface area contributed by atoms with Crippen LogP contribution < -0.4 is 15.4 Å². The van der Waals surface area contributed by atoms with E-state index in [0.717, 1.165) is 22.4 Å². The second-order valence-corrected chi connectivity index (χ2v) is 6.77. The zero-order valence-corrected chi connectivity index (χ0v) is 15.6. The molecule has 6 heteroatoms. The van der Waals surface area contributed by atoms with Crippen molar-refractivity contribution in [2.75, 3.05) is 13.2 Å². The Morgan fingerprint density at radius 3 is 2.62 bits per heavy atom. The van der Waals surface area contributed by atoms with Crippen molar-refractivity contribution in [2.24, 2.45) is 0 Å². The fourth-order valence-corrected chi connectivity index (χ4v) is 3.38. The van der Waals surface area contributed by atoms with Crippen LogP contribution in [-0.4, -0.2) is 25.0 Å². The van der Waals surface area contributed by atoms with Gasteiger partial charge >= 0.3 is 0 Å². The van der Waals surface area contributed by atoms with E-state index in [0.29, 0.717) is 30.1 Å². The molecule has 0 saturated carbocycles. The summed E-state index contributed by atoms with van der Waals surface area (Å²) < 4.78 is 11.1. The van der Waals surface area contributed by atoms with Crippen LogP contribution in [0.4, 0.5) is 0 Å². The Labute approximate surface area is 152 Å². The van der Waals surface area contributed by atoms with Crippen molar-refractivity contribution in [3.05, 3.63) is 52.0 Å². The predicted octanol–water partition coefficient (Wildman–Crippen LogP) is 2.88. The molecule has 1 aromatic heterocycles. The maximum Gasteiger partial charge on any atom is 0.255 e. The largest absolute Gasteiger partial charge is 0.493 e. The molecule has 0 saturated heterocycles. The van der Waals surface area contributed by atoms with Crippen LogP contribution in [0.5, 0.6) is 5.75 Å². The highest BCUT2D eigenvalue weighted by atomic mass is 16.5. The zero-order valence-electron chi connectivity index (χ0n) is 15.6. The minimum atomic E-state index is -0.312. The number of benzene rings is 1. The molecule has 2 amide bonds. The number of hydrogen-bond acceptors (Lipinski definition) is 4. The minimum Gasteiger partial charge on any atom is -0.493 e. The summed E-state index contributed by atoms with van der Waals surface area (Å²) in [5.74, 6) is 1.52. The van der Waals surface area contributed by atoms with E-state index in [2.05, 4.69) is 16.7 Å². The molecule has 2 N–H and O–H groups in total. The first-order chi connectivity index (χ1) is 12.3. The number of rotatable bonds is 4. The van der Waals surface area contributed by atoms with E-state index in [9.17, 15) is 9.59 Å².